The predicted octanol–water partition coefficient (Wildman–Crippen LogP) is 3.39. The molecule has 0 N–H and O–H groups in total. The van der Waals surface area contributed by atoms with Crippen molar-refractivity contribution in [2.24, 2.45) is 0 Å². The Hall–Kier alpha value is -3.27. The lowest BCUT2D eigenvalue weighted by Gasteiger charge is -2.13. The summed E-state index contributed by atoms with van der Waals surface area (Å²) in [6.45, 7) is 0. The first-order valence-corrected chi connectivity index (χ1v) is 8.44. The lowest BCUT2D eigenvalue weighted by atomic mass is 9.90. The van der Waals surface area contributed by atoms with Gasteiger partial charge in [-0.25, -0.2) is 4.79 Å². The molecule has 0 radical (unpaired) electrons. The molecule has 26 heavy (non-hydrogen) atoms. The third kappa shape index (κ3) is 2.80. The minimum atomic E-state index is -0.353. The van der Waals surface area contributed by atoms with Crippen molar-refractivity contribution < 1.29 is 9.15 Å². The first-order valence-electron chi connectivity index (χ1n) is 8.44. The molecule has 126 valence electrons. The van der Waals surface area contributed by atoms with Gasteiger partial charge in [-0.1, -0.05) is 60.1 Å². The summed E-state index contributed by atoms with van der Waals surface area (Å²) >= 11 is 0. The monoisotopic (exact) mass is 340 g/mol. The topological polar surface area (TPSA) is 39.4 Å². The molecule has 3 nitrogen and oxygen atoms in total. The maximum atomic E-state index is 12.9. The van der Waals surface area contributed by atoms with Crippen molar-refractivity contribution >= 4 is 24.3 Å². The van der Waals surface area contributed by atoms with Gasteiger partial charge in [0.15, 0.2) is 0 Å². The standard InChI is InChI=1S/C22H17BO3/c1-25-17-11-12-18-19(13-17)26-22(24)21(15-7-9-16(23)10-8-15)20(18)14-5-3-2-4-6-14/h2-13H,23H2,1H3. The number of methoxy groups -OCH3 is 1. The van der Waals surface area contributed by atoms with Crippen LogP contribution in [0.1, 0.15) is 0 Å². The molecule has 0 unspecified atom stereocenters. The van der Waals surface area contributed by atoms with E-state index in [1.807, 2.05) is 74.6 Å². The lowest BCUT2D eigenvalue weighted by molar-refractivity contribution is 0.414. The number of ether oxygens (including phenoxy) is 1. The average Bonchev–Trinajstić information content (AvgIpc) is 2.68. The molecule has 0 aliphatic rings. The van der Waals surface area contributed by atoms with E-state index in [0.29, 0.717) is 16.9 Å². The van der Waals surface area contributed by atoms with Crippen LogP contribution >= 0.6 is 0 Å². The minimum absolute atomic E-state index is 0.353. The van der Waals surface area contributed by atoms with Crippen LogP contribution in [-0.4, -0.2) is 15.0 Å². The summed E-state index contributed by atoms with van der Waals surface area (Å²) in [5.74, 6) is 0.655. The Kier molecular flexibility index (Phi) is 4.09. The zero-order valence-electron chi connectivity index (χ0n) is 14.7. The molecule has 1 aromatic heterocycles. The minimum Gasteiger partial charge on any atom is -0.497 e. The van der Waals surface area contributed by atoms with Crippen LogP contribution in [0, 0.1) is 0 Å². The van der Waals surface area contributed by atoms with E-state index in [2.05, 4.69) is 0 Å². The SMILES string of the molecule is Bc1ccc(-c2c(-c3ccccc3)c3ccc(OC)cc3oc2=O)cc1. The van der Waals surface area contributed by atoms with Crippen molar-refractivity contribution in [2.75, 3.05) is 7.11 Å². The highest BCUT2D eigenvalue weighted by Gasteiger charge is 2.18. The summed E-state index contributed by atoms with van der Waals surface area (Å²) in [5.41, 5.74) is 4.59. The third-order valence-corrected chi connectivity index (χ3v) is 4.52. The van der Waals surface area contributed by atoms with Gasteiger partial charge in [-0.15, -0.1) is 0 Å². The highest BCUT2D eigenvalue weighted by atomic mass is 16.5. The Morgan fingerprint density at radius 2 is 1.54 bits per heavy atom. The first kappa shape index (κ1) is 16.2. The molecular weight excluding hydrogens is 323 g/mol. The molecule has 3 aromatic carbocycles. The molecular formula is C22H17BO3. The highest BCUT2D eigenvalue weighted by molar-refractivity contribution is 6.32. The summed E-state index contributed by atoms with van der Waals surface area (Å²) < 4.78 is 10.9. The van der Waals surface area contributed by atoms with E-state index in [0.717, 1.165) is 27.5 Å². The molecule has 0 atom stereocenters. The molecule has 1 heterocycles. The number of rotatable bonds is 3. The molecule has 0 amide bonds. The molecule has 0 saturated heterocycles. The third-order valence-electron chi connectivity index (χ3n) is 4.52. The van der Waals surface area contributed by atoms with Crippen LogP contribution in [0.5, 0.6) is 5.75 Å². The molecule has 0 spiro atoms. The number of fused-ring (bicyclic) bond motifs is 1. The molecule has 4 heteroatoms. The van der Waals surface area contributed by atoms with Gasteiger partial charge in [-0.05, 0) is 23.3 Å². The molecule has 0 aliphatic carbocycles. The fourth-order valence-electron chi connectivity index (χ4n) is 3.20. The number of hydrogen-bond acceptors (Lipinski definition) is 3. The van der Waals surface area contributed by atoms with Gasteiger partial charge in [0.05, 0.1) is 12.7 Å². The van der Waals surface area contributed by atoms with Gasteiger partial charge in [-0.2, -0.15) is 0 Å². The van der Waals surface area contributed by atoms with E-state index in [-0.39, 0.29) is 5.63 Å². The summed E-state index contributed by atoms with van der Waals surface area (Å²) in [6, 6.07) is 23.4. The fourth-order valence-corrected chi connectivity index (χ4v) is 3.20. The van der Waals surface area contributed by atoms with E-state index in [9.17, 15) is 4.79 Å². The van der Waals surface area contributed by atoms with Crippen LogP contribution in [0.2, 0.25) is 0 Å². The Morgan fingerprint density at radius 1 is 0.846 bits per heavy atom. The zero-order chi connectivity index (χ0) is 18.1. The van der Waals surface area contributed by atoms with Crippen LogP contribution in [0.3, 0.4) is 0 Å². The maximum absolute atomic E-state index is 12.9. The number of hydrogen-bond donors (Lipinski definition) is 0. The van der Waals surface area contributed by atoms with Crippen LogP contribution in [0.25, 0.3) is 33.2 Å². The van der Waals surface area contributed by atoms with E-state index >= 15 is 0 Å². The molecule has 0 bridgehead atoms. The number of benzene rings is 3. The summed E-state index contributed by atoms with van der Waals surface area (Å²) in [6.07, 6.45) is 0. The van der Waals surface area contributed by atoms with E-state index in [4.69, 9.17) is 9.15 Å². The van der Waals surface area contributed by atoms with E-state index in [1.165, 1.54) is 0 Å². The smallest absolute Gasteiger partial charge is 0.344 e. The normalized spacial score (nSPS) is 10.8. The fraction of sp³-hybridized carbons (Fsp3) is 0.0455. The van der Waals surface area contributed by atoms with E-state index < -0.39 is 0 Å². The van der Waals surface area contributed by atoms with Gasteiger partial charge < -0.3 is 9.15 Å². The Morgan fingerprint density at radius 3 is 2.23 bits per heavy atom. The van der Waals surface area contributed by atoms with Crippen LogP contribution in [0.15, 0.2) is 82.0 Å². The molecule has 0 aliphatic heterocycles. The second kappa shape index (κ2) is 6.56. The summed E-state index contributed by atoms with van der Waals surface area (Å²) in [5, 5.41) is 0.882. The molecule has 0 fully saturated rings. The van der Waals surface area contributed by atoms with Gasteiger partial charge in [0, 0.05) is 17.0 Å². The molecule has 0 saturated carbocycles. The quantitative estimate of drug-likeness (QED) is 0.424. The van der Waals surface area contributed by atoms with Gasteiger partial charge >= 0.3 is 5.63 Å². The van der Waals surface area contributed by atoms with Crippen LogP contribution in [0.4, 0.5) is 0 Å². The first-order chi connectivity index (χ1) is 12.7. The van der Waals surface area contributed by atoms with Gasteiger partial charge in [0.1, 0.15) is 19.2 Å². The second-order valence-electron chi connectivity index (χ2n) is 6.23. The Balaban J connectivity index is 2.12. The van der Waals surface area contributed by atoms with Crippen molar-refractivity contribution in [2.45, 2.75) is 0 Å². The van der Waals surface area contributed by atoms with Crippen molar-refractivity contribution in [3.05, 3.63) is 83.2 Å². The van der Waals surface area contributed by atoms with Crippen molar-refractivity contribution in [1.29, 1.82) is 0 Å². The highest BCUT2D eigenvalue weighted by Crippen LogP contribution is 2.36. The van der Waals surface area contributed by atoms with Crippen molar-refractivity contribution in [1.82, 2.24) is 0 Å². The summed E-state index contributed by atoms with van der Waals surface area (Å²) in [7, 11) is 3.62. The zero-order valence-corrected chi connectivity index (χ0v) is 14.7. The summed E-state index contributed by atoms with van der Waals surface area (Å²) in [4.78, 5) is 12.9. The largest absolute Gasteiger partial charge is 0.497 e. The average molecular weight is 340 g/mol. The van der Waals surface area contributed by atoms with Gasteiger partial charge in [-0.3, -0.25) is 0 Å². The molecule has 4 rings (SSSR count). The van der Waals surface area contributed by atoms with Crippen molar-refractivity contribution in [3.8, 4) is 28.0 Å². The second-order valence-corrected chi connectivity index (χ2v) is 6.23. The van der Waals surface area contributed by atoms with Gasteiger partial charge in [0.2, 0.25) is 0 Å². The molecule has 4 aromatic rings. The lowest BCUT2D eigenvalue weighted by Crippen LogP contribution is -2.07. The Bertz CT molecular complexity index is 1130. The van der Waals surface area contributed by atoms with Gasteiger partial charge in [0.25, 0.3) is 0 Å². The van der Waals surface area contributed by atoms with Crippen LogP contribution in [-0.2, 0) is 0 Å². The predicted molar refractivity (Wildman–Crippen MR) is 108 cm³/mol. The van der Waals surface area contributed by atoms with Crippen molar-refractivity contribution in [3.63, 3.8) is 0 Å². The van der Waals surface area contributed by atoms with E-state index in [1.54, 1.807) is 13.2 Å². The van der Waals surface area contributed by atoms with Crippen LogP contribution < -0.4 is 15.8 Å². The Labute approximate surface area is 152 Å². The maximum Gasteiger partial charge on any atom is 0.344 e.